The number of hydrogen-bond donors (Lipinski definition) is 1. The van der Waals surface area contributed by atoms with Crippen LogP contribution < -0.4 is 5.56 Å². The first-order valence-corrected chi connectivity index (χ1v) is 5.53. The number of carboxylic acids is 1. The van der Waals surface area contributed by atoms with Crippen molar-refractivity contribution in [3.05, 3.63) is 34.2 Å². The van der Waals surface area contributed by atoms with Gasteiger partial charge < -0.3 is 14.4 Å². The Bertz CT molecular complexity index is 436. The van der Waals surface area contributed by atoms with E-state index in [0.717, 1.165) is 0 Å². The molecule has 1 N–H and O–H groups in total. The zero-order valence-corrected chi connectivity index (χ0v) is 10.0. The molecule has 0 aliphatic carbocycles. The summed E-state index contributed by atoms with van der Waals surface area (Å²) in [4.78, 5) is 22.4. The van der Waals surface area contributed by atoms with Gasteiger partial charge in [0.2, 0.25) is 0 Å². The second-order valence-corrected chi connectivity index (χ2v) is 4.19. The molecule has 0 radical (unpaired) electrons. The van der Waals surface area contributed by atoms with E-state index in [9.17, 15) is 9.59 Å². The minimum absolute atomic E-state index is 0.212. The second-order valence-electron chi connectivity index (χ2n) is 4.19. The minimum Gasteiger partial charge on any atom is -0.477 e. The highest BCUT2D eigenvalue weighted by atomic mass is 16.5. The summed E-state index contributed by atoms with van der Waals surface area (Å²) in [6, 6.07) is 2.85. The quantitative estimate of drug-likeness (QED) is 0.758. The molecule has 0 atom stereocenters. The van der Waals surface area contributed by atoms with Gasteiger partial charge in [0, 0.05) is 19.3 Å². The monoisotopic (exact) mass is 239 g/mol. The van der Waals surface area contributed by atoms with Crippen LogP contribution in [-0.4, -0.2) is 28.9 Å². The predicted octanol–water partition coefficient (Wildman–Crippen LogP) is 1.22. The number of nitrogens with zero attached hydrogens (tertiary/aromatic N) is 1. The maximum atomic E-state index is 11.7. The Labute approximate surface area is 99.6 Å². The average molecular weight is 239 g/mol. The van der Waals surface area contributed by atoms with Crippen LogP contribution in [0.1, 0.15) is 24.2 Å². The molecule has 0 aliphatic heterocycles. The third-order valence-electron chi connectivity index (χ3n) is 2.18. The van der Waals surface area contributed by atoms with Gasteiger partial charge in [-0.1, -0.05) is 13.8 Å². The highest BCUT2D eigenvalue weighted by Gasteiger charge is 2.09. The van der Waals surface area contributed by atoms with Crippen molar-refractivity contribution in [1.82, 2.24) is 4.57 Å². The fourth-order valence-electron chi connectivity index (χ4n) is 1.36. The Kier molecular flexibility index (Phi) is 4.90. The van der Waals surface area contributed by atoms with Crippen LogP contribution in [0.2, 0.25) is 0 Å². The molecule has 0 fully saturated rings. The van der Waals surface area contributed by atoms with Crippen LogP contribution in [0.4, 0.5) is 0 Å². The van der Waals surface area contributed by atoms with E-state index in [2.05, 4.69) is 0 Å². The maximum Gasteiger partial charge on any atom is 0.341 e. The van der Waals surface area contributed by atoms with Crippen LogP contribution >= 0.6 is 0 Å². The van der Waals surface area contributed by atoms with Gasteiger partial charge in [-0.2, -0.15) is 0 Å². The van der Waals surface area contributed by atoms with Crippen molar-refractivity contribution in [3.8, 4) is 0 Å². The summed E-state index contributed by atoms with van der Waals surface area (Å²) >= 11 is 0. The summed E-state index contributed by atoms with van der Waals surface area (Å²) in [6.07, 6.45) is 1.56. The molecule has 1 aromatic rings. The molecule has 0 saturated carbocycles. The molecule has 0 aliphatic rings. The molecule has 0 saturated heterocycles. The number of pyridine rings is 1. The number of carboxylic acid groups (broad SMARTS) is 1. The van der Waals surface area contributed by atoms with Gasteiger partial charge in [-0.05, 0) is 18.1 Å². The molecule has 0 amide bonds. The number of rotatable bonds is 6. The van der Waals surface area contributed by atoms with Crippen molar-refractivity contribution in [1.29, 1.82) is 0 Å². The number of carbonyl (C=O) groups is 1. The summed E-state index contributed by atoms with van der Waals surface area (Å²) in [5.74, 6) is -0.760. The third kappa shape index (κ3) is 4.03. The molecule has 1 heterocycles. The van der Waals surface area contributed by atoms with Gasteiger partial charge in [-0.3, -0.25) is 4.79 Å². The van der Waals surface area contributed by atoms with E-state index in [-0.39, 0.29) is 5.56 Å². The zero-order chi connectivity index (χ0) is 12.8. The smallest absolute Gasteiger partial charge is 0.341 e. The van der Waals surface area contributed by atoms with Crippen LogP contribution in [0.5, 0.6) is 0 Å². The Morgan fingerprint density at radius 1 is 1.53 bits per heavy atom. The lowest BCUT2D eigenvalue weighted by atomic mass is 10.2. The van der Waals surface area contributed by atoms with Crippen LogP contribution in [-0.2, 0) is 11.3 Å². The van der Waals surface area contributed by atoms with E-state index < -0.39 is 11.5 Å². The van der Waals surface area contributed by atoms with E-state index in [1.807, 2.05) is 13.8 Å². The first-order valence-electron chi connectivity index (χ1n) is 5.53. The second kappa shape index (κ2) is 6.20. The normalized spacial score (nSPS) is 10.8. The molecule has 5 heteroatoms. The predicted molar refractivity (Wildman–Crippen MR) is 63.3 cm³/mol. The van der Waals surface area contributed by atoms with Crippen molar-refractivity contribution >= 4 is 5.97 Å². The van der Waals surface area contributed by atoms with Crippen molar-refractivity contribution < 1.29 is 14.6 Å². The number of aromatic nitrogens is 1. The van der Waals surface area contributed by atoms with Gasteiger partial charge in [-0.15, -0.1) is 0 Å². The molecular weight excluding hydrogens is 222 g/mol. The van der Waals surface area contributed by atoms with Gasteiger partial charge in [0.25, 0.3) is 5.56 Å². The van der Waals surface area contributed by atoms with Gasteiger partial charge in [0.05, 0.1) is 6.61 Å². The Morgan fingerprint density at radius 3 is 2.82 bits per heavy atom. The lowest BCUT2D eigenvalue weighted by molar-refractivity contribution is 0.0693. The SMILES string of the molecule is CC(C)COCCn1cccc(C(=O)O)c1=O. The molecule has 1 rings (SSSR count). The van der Waals surface area contributed by atoms with Crippen LogP contribution in [0.15, 0.2) is 23.1 Å². The molecule has 0 unspecified atom stereocenters. The molecule has 94 valence electrons. The first-order chi connectivity index (χ1) is 8.02. The topological polar surface area (TPSA) is 68.5 Å². The molecule has 0 aromatic carbocycles. The maximum absolute atomic E-state index is 11.7. The summed E-state index contributed by atoms with van der Waals surface area (Å²) in [5.41, 5.74) is -0.704. The Hall–Kier alpha value is -1.62. The average Bonchev–Trinajstić information content (AvgIpc) is 2.25. The first kappa shape index (κ1) is 13.4. The van der Waals surface area contributed by atoms with Crippen molar-refractivity contribution in [2.75, 3.05) is 13.2 Å². The van der Waals surface area contributed by atoms with E-state index in [4.69, 9.17) is 9.84 Å². The van der Waals surface area contributed by atoms with Crippen LogP contribution in [0.3, 0.4) is 0 Å². The third-order valence-corrected chi connectivity index (χ3v) is 2.18. The van der Waals surface area contributed by atoms with Crippen LogP contribution in [0.25, 0.3) is 0 Å². The fourth-order valence-corrected chi connectivity index (χ4v) is 1.36. The van der Waals surface area contributed by atoms with Crippen molar-refractivity contribution in [3.63, 3.8) is 0 Å². The number of aromatic carboxylic acids is 1. The molecule has 0 spiro atoms. The Morgan fingerprint density at radius 2 is 2.24 bits per heavy atom. The molecule has 0 bridgehead atoms. The summed E-state index contributed by atoms with van der Waals surface area (Å²) in [6.45, 7) is 5.48. The zero-order valence-electron chi connectivity index (χ0n) is 10.0. The van der Waals surface area contributed by atoms with Gasteiger partial charge in [0.15, 0.2) is 0 Å². The largest absolute Gasteiger partial charge is 0.477 e. The van der Waals surface area contributed by atoms with Gasteiger partial charge in [0.1, 0.15) is 5.56 Å². The van der Waals surface area contributed by atoms with Gasteiger partial charge in [-0.25, -0.2) is 4.79 Å². The standard InChI is InChI=1S/C12H17NO4/c1-9(2)8-17-7-6-13-5-3-4-10(11(13)14)12(15)16/h3-5,9H,6-8H2,1-2H3,(H,15,16). The summed E-state index contributed by atoms with van der Waals surface area (Å²) < 4.78 is 6.70. The fraction of sp³-hybridized carbons (Fsp3) is 0.500. The highest BCUT2D eigenvalue weighted by Crippen LogP contribution is 1.95. The summed E-state index contributed by atoms with van der Waals surface area (Å²) in [7, 11) is 0. The van der Waals surface area contributed by atoms with Gasteiger partial charge >= 0.3 is 5.97 Å². The van der Waals surface area contributed by atoms with Crippen molar-refractivity contribution in [2.24, 2.45) is 5.92 Å². The molecule has 17 heavy (non-hydrogen) atoms. The van der Waals surface area contributed by atoms with Crippen LogP contribution in [0, 0.1) is 5.92 Å². The lowest BCUT2D eigenvalue weighted by Crippen LogP contribution is -2.27. The highest BCUT2D eigenvalue weighted by molar-refractivity contribution is 5.86. The van der Waals surface area contributed by atoms with E-state index in [1.165, 1.54) is 10.6 Å². The van der Waals surface area contributed by atoms with E-state index in [0.29, 0.717) is 25.7 Å². The lowest BCUT2D eigenvalue weighted by Gasteiger charge is -2.08. The van der Waals surface area contributed by atoms with E-state index in [1.54, 1.807) is 12.3 Å². The molecular formula is C12H17NO4. The Balaban J connectivity index is 2.63. The number of hydrogen-bond acceptors (Lipinski definition) is 3. The van der Waals surface area contributed by atoms with E-state index >= 15 is 0 Å². The van der Waals surface area contributed by atoms with Crippen molar-refractivity contribution in [2.45, 2.75) is 20.4 Å². The number of ether oxygens (including phenoxy) is 1. The summed E-state index contributed by atoms with van der Waals surface area (Å²) in [5, 5.41) is 8.79. The molecule has 5 nitrogen and oxygen atoms in total. The molecule has 1 aromatic heterocycles. The minimum atomic E-state index is -1.20.